The molecule has 4 atom stereocenters. The van der Waals surface area contributed by atoms with Crippen LogP contribution in [-0.2, 0) is 5.16 Å². The summed E-state index contributed by atoms with van der Waals surface area (Å²) in [6.45, 7) is 7.39. The Bertz CT molecular complexity index is 1040. The Balaban J connectivity index is 1.46. The molecule has 35 heavy (non-hydrogen) atoms. The van der Waals surface area contributed by atoms with Crippen molar-refractivity contribution in [1.29, 1.82) is 0 Å². The molecule has 0 aromatic carbocycles. The van der Waals surface area contributed by atoms with Crippen LogP contribution in [0.1, 0.15) is 70.7 Å². The number of rotatable bonds is 6. The van der Waals surface area contributed by atoms with E-state index in [2.05, 4.69) is 72.5 Å². The second kappa shape index (κ2) is 8.89. The van der Waals surface area contributed by atoms with Crippen LogP contribution in [-0.4, -0.2) is 20.8 Å². The van der Waals surface area contributed by atoms with Crippen LogP contribution >= 0.6 is 17.8 Å². The summed E-state index contributed by atoms with van der Waals surface area (Å²) in [5.41, 5.74) is 4.81. The number of hydrogen-bond donors (Lipinski definition) is 0. The molecule has 2 aromatic heterocycles. The molecule has 4 fully saturated rings. The maximum absolute atomic E-state index is 4.91. The monoisotopic (exact) mass is 502 g/mol. The normalized spacial score (nSPS) is 33.0. The molecule has 4 bridgehead atoms. The second-order valence-electron chi connectivity index (χ2n) is 12.9. The van der Waals surface area contributed by atoms with Crippen molar-refractivity contribution >= 4 is 17.8 Å². The van der Waals surface area contributed by atoms with Crippen molar-refractivity contribution in [2.75, 3.05) is 0 Å². The molecule has 0 spiro atoms. The SMILES string of the molecule is CC(C)(C)PC(C1C=CC=C1C(P)(c1ccccn1)c1ccccn1)C12CC3CC(CC(C3)C1)C2. The van der Waals surface area contributed by atoms with Gasteiger partial charge in [0.2, 0.25) is 0 Å². The number of pyridine rings is 2. The molecule has 2 aromatic rings. The number of aromatic nitrogens is 2. The van der Waals surface area contributed by atoms with Crippen molar-refractivity contribution < 1.29 is 0 Å². The van der Waals surface area contributed by atoms with E-state index < -0.39 is 5.16 Å². The van der Waals surface area contributed by atoms with Gasteiger partial charge in [-0.15, -0.1) is 17.8 Å². The Morgan fingerprint density at radius 1 is 0.886 bits per heavy atom. The van der Waals surface area contributed by atoms with Crippen LogP contribution in [0, 0.1) is 29.1 Å². The third-order valence-electron chi connectivity index (χ3n) is 9.24. The van der Waals surface area contributed by atoms with E-state index in [9.17, 15) is 0 Å². The van der Waals surface area contributed by atoms with Crippen LogP contribution in [0.3, 0.4) is 0 Å². The molecule has 2 heterocycles. The van der Waals surface area contributed by atoms with E-state index in [4.69, 9.17) is 9.97 Å². The van der Waals surface area contributed by atoms with E-state index in [-0.39, 0.29) is 0 Å². The maximum Gasteiger partial charge on any atom is 0.0902 e. The first-order chi connectivity index (χ1) is 16.8. The Morgan fingerprint density at radius 2 is 1.43 bits per heavy atom. The van der Waals surface area contributed by atoms with Crippen molar-refractivity contribution in [3.05, 3.63) is 84.0 Å². The van der Waals surface area contributed by atoms with Gasteiger partial charge in [0, 0.05) is 18.3 Å². The molecule has 0 amide bonds. The fraction of sp³-hybridized carbons (Fsp3) is 0.548. The van der Waals surface area contributed by atoms with Gasteiger partial charge in [-0.05, 0) is 102 Å². The molecule has 5 aliphatic carbocycles. The number of hydrogen-bond acceptors (Lipinski definition) is 2. The molecule has 4 heteroatoms. The quantitative estimate of drug-likeness (QED) is 0.377. The summed E-state index contributed by atoms with van der Waals surface area (Å²) in [5.74, 6) is 3.35. The van der Waals surface area contributed by atoms with E-state index in [1.807, 2.05) is 24.5 Å². The lowest BCUT2D eigenvalue weighted by atomic mass is 9.47. The van der Waals surface area contributed by atoms with E-state index in [1.54, 1.807) is 0 Å². The zero-order valence-electron chi connectivity index (χ0n) is 21.5. The van der Waals surface area contributed by atoms with Gasteiger partial charge >= 0.3 is 0 Å². The molecule has 2 nitrogen and oxygen atoms in total. The van der Waals surface area contributed by atoms with Gasteiger partial charge in [-0.3, -0.25) is 9.97 Å². The Kier molecular flexibility index (Phi) is 6.09. The summed E-state index contributed by atoms with van der Waals surface area (Å²) in [4.78, 5) is 9.81. The highest BCUT2D eigenvalue weighted by atomic mass is 31.1. The van der Waals surface area contributed by atoms with Crippen molar-refractivity contribution in [2.45, 2.75) is 75.3 Å². The highest BCUT2D eigenvalue weighted by Gasteiger charge is 2.57. The highest BCUT2D eigenvalue weighted by molar-refractivity contribution is 7.40. The lowest BCUT2D eigenvalue weighted by molar-refractivity contribution is -0.0577. The summed E-state index contributed by atoms with van der Waals surface area (Å²) in [6, 6.07) is 12.6. The fourth-order valence-corrected chi connectivity index (χ4v) is 11.1. The molecule has 0 aliphatic heterocycles. The first-order valence-electron chi connectivity index (χ1n) is 13.6. The lowest BCUT2D eigenvalue weighted by Crippen LogP contribution is -2.53. The summed E-state index contributed by atoms with van der Waals surface area (Å²) < 4.78 is 0. The fourth-order valence-electron chi connectivity index (χ4n) is 8.45. The van der Waals surface area contributed by atoms with E-state index in [0.29, 0.717) is 22.1 Å². The van der Waals surface area contributed by atoms with Crippen LogP contribution in [0.2, 0.25) is 0 Å². The minimum atomic E-state index is -0.417. The molecule has 0 N–H and O–H groups in total. The molecule has 0 saturated heterocycles. The largest absolute Gasteiger partial charge is 0.260 e. The average molecular weight is 503 g/mol. The van der Waals surface area contributed by atoms with Crippen molar-refractivity contribution in [1.82, 2.24) is 9.97 Å². The van der Waals surface area contributed by atoms with Crippen molar-refractivity contribution in [3.8, 4) is 0 Å². The zero-order valence-corrected chi connectivity index (χ0v) is 23.6. The second-order valence-corrected chi connectivity index (χ2v) is 16.2. The van der Waals surface area contributed by atoms with Crippen LogP contribution in [0.25, 0.3) is 0 Å². The van der Waals surface area contributed by atoms with Crippen molar-refractivity contribution in [3.63, 3.8) is 0 Å². The van der Waals surface area contributed by atoms with Crippen LogP contribution in [0.5, 0.6) is 0 Å². The Labute approximate surface area is 215 Å². The van der Waals surface area contributed by atoms with Crippen molar-refractivity contribution in [2.24, 2.45) is 29.1 Å². The zero-order chi connectivity index (χ0) is 24.3. The molecular formula is C31H40N2P2. The van der Waals surface area contributed by atoms with Gasteiger partial charge in [0.1, 0.15) is 0 Å². The topological polar surface area (TPSA) is 25.8 Å². The third kappa shape index (κ3) is 4.28. The van der Waals surface area contributed by atoms with Crippen LogP contribution in [0.4, 0.5) is 0 Å². The van der Waals surface area contributed by atoms with E-state index >= 15 is 0 Å². The summed E-state index contributed by atoms with van der Waals surface area (Å²) >= 11 is 0. The first kappa shape index (κ1) is 24.0. The first-order valence-corrected chi connectivity index (χ1v) is 15.2. The molecule has 184 valence electrons. The van der Waals surface area contributed by atoms with Gasteiger partial charge in [-0.2, -0.15) is 0 Å². The van der Waals surface area contributed by atoms with Gasteiger partial charge in [0.05, 0.1) is 16.5 Å². The van der Waals surface area contributed by atoms with Crippen LogP contribution in [0.15, 0.2) is 72.6 Å². The smallest absolute Gasteiger partial charge is 0.0902 e. The van der Waals surface area contributed by atoms with E-state index in [0.717, 1.165) is 37.7 Å². The minimum Gasteiger partial charge on any atom is -0.260 e. The Morgan fingerprint density at radius 3 is 1.89 bits per heavy atom. The number of nitrogens with zero attached hydrogens (tertiary/aromatic N) is 2. The number of allylic oxidation sites excluding steroid dienone is 4. The predicted octanol–water partition coefficient (Wildman–Crippen LogP) is 7.77. The summed E-state index contributed by atoms with van der Waals surface area (Å²) in [6.07, 6.45) is 20.0. The molecule has 5 aliphatic rings. The summed E-state index contributed by atoms with van der Waals surface area (Å²) in [5, 5.41) is -0.0886. The maximum atomic E-state index is 4.91. The molecule has 4 unspecified atom stereocenters. The van der Waals surface area contributed by atoms with E-state index in [1.165, 1.54) is 44.1 Å². The standard InChI is InChI=1S/C31H40N2P2/c1-29(2,3)35-28(30-18-21-15-22(19-30)17-23(16-21)20-30)24-9-8-10-25(24)31(34,26-11-4-6-13-32-26)27-12-5-7-14-33-27/h4-14,21-24,28,35H,15-20,34H2,1-3H3. The lowest BCUT2D eigenvalue weighted by Gasteiger charge is -2.61. The van der Waals surface area contributed by atoms with Crippen LogP contribution < -0.4 is 0 Å². The highest BCUT2D eigenvalue weighted by Crippen LogP contribution is 2.67. The Hall–Kier alpha value is -1.36. The molecule has 4 saturated carbocycles. The van der Waals surface area contributed by atoms with Gasteiger partial charge in [-0.25, -0.2) is 0 Å². The summed E-state index contributed by atoms with van der Waals surface area (Å²) in [7, 11) is 4.18. The molecule has 7 rings (SSSR count). The van der Waals surface area contributed by atoms with Gasteiger partial charge in [-0.1, -0.05) is 51.1 Å². The predicted molar refractivity (Wildman–Crippen MR) is 152 cm³/mol. The third-order valence-corrected chi connectivity index (χ3v) is 12.3. The van der Waals surface area contributed by atoms with Gasteiger partial charge < -0.3 is 0 Å². The molecular weight excluding hydrogens is 462 g/mol. The van der Waals surface area contributed by atoms with Gasteiger partial charge in [0.15, 0.2) is 0 Å². The average Bonchev–Trinajstić information content (AvgIpc) is 3.32. The van der Waals surface area contributed by atoms with Gasteiger partial charge in [0.25, 0.3) is 0 Å². The molecule has 0 radical (unpaired) electrons. The minimum absolute atomic E-state index is 0.328.